The molecule has 7 heteroatoms. The van der Waals surface area contributed by atoms with Crippen molar-refractivity contribution in [2.75, 3.05) is 0 Å². The van der Waals surface area contributed by atoms with Crippen molar-refractivity contribution in [3.8, 4) is 0 Å². The van der Waals surface area contributed by atoms with E-state index in [1.54, 1.807) is 5.51 Å². The number of nitrogens with zero attached hydrogens (tertiary/aromatic N) is 2. The van der Waals surface area contributed by atoms with Crippen LogP contribution in [0.3, 0.4) is 0 Å². The molecule has 0 unspecified atom stereocenters. The second-order valence-corrected chi connectivity index (χ2v) is 4.48. The van der Waals surface area contributed by atoms with Crippen LogP contribution in [-0.2, 0) is 0 Å². The van der Waals surface area contributed by atoms with Crippen LogP contribution in [-0.4, -0.2) is 27.5 Å². The molecule has 0 atom stereocenters. The molecule has 0 aromatic carbocycles. The summed E-state index contributed by atoms with van der Waals surface area (Å²) >= 11 is 1.25. The van der Waals surface area contributed by atoms with Crippen LogP contribution in [0.1, 0.15) is 36.4 Å². The summed E-state index contributed by atoms with van der Waals surface area (Å²) in [6, 6.07) is 0. The number of hydrogen-bond donors (Lipinski definition) is 3. The van der Waals surface area contributed by atoms with Gasteiger partial charge in [0.15, 0.2) is 5.84 Å². The Morgan fingerprint density at radius 3 is 2.71 bits per heavy atom. The van der Waals surface area contributed by atoms with Gasteiger partial charge in [-0.25, -0.2) is 0 Å². The van der Waals surface area contributed by atoms with Gasteiger partial charge in [0.2, 0.25) is 0 Å². The first-order chi connectivity index (χ1) is 8.09. The quantitative estimate of drug-likeness (QED) is 0.318. The predicted octanol–water partition coefficient (Wildman–Crippen LogP) is 1.18. The van der Waals surface area contributed by atoms with Gasteiger partial charge in [0.05, 0.1) is 11.7 Å². The molecule has 0 aliphatic heterocycles. The molecule has 1 amide bonds. The largest absolute Gasteiger partial charge is 0.409 e. The lowest BCUT2D eigenvalue weighted by Gasteiger charge is -2.31. The highest BCUT2D eigenvalue weighted by Gasteiger charge is 2.33. The van der Waals surface area contributed by atoms with Crippen LogP contribution in [0, 0.1) is 0 Å². The van der Waals surface area contributed by atoms with Crippen LogP contribution in [0.4, 0.5) is 0 Å². The summed E-state index contributed by atoms with van der Waals surface area (Å²) < 4.78 is 0. The third kappa shape index (κ3) is 2.73. The summed E-state index contributed by atoms with van der Waals surface area (Å²) in [4.78, 5) is 16.3. The van der Waals surface area contributed by atoms with Crippen LogP contribution < -0.4 is 11.1 Å². The van der Waals surface area contributed by atoms with Gasteiger partial charge in [-0.05, 0) is 12.8 Å². The minimum atomic E-state index is -0.810. The smallest absolute Gasteiger partial charge is 0.263 e. The van der Waals surface area contributed by atoms with Gasteiger partial charge in [0, 0.05) is 0 Å². The molecule has 0 spiro atoms. The zero-order chi connectivity index (χ0) is 12.9. The van der Waals surface area contributed by atoms with E-state index >= 15 is 0 Å². The maximum Gasteiger partial charge on any atom is 0.263 e. The molecule has 6 nitrogen and oxygen atoms in total. The van der Waals surface area contributed by atoms with Crippen molar-refractivity contribution in [3.63, 3.8) is 0 Å². The summed E-state index contributed by atoms with van der Waals surface area (Å²) in [7, 11) is 0. The minimum absolute atomic E-state index is 0.0142. The van der Waals surface area contributed by atoms with Crippen LogP contribution in [0.25, 0.3) is 0 Å². The molecule has 1 heterocycles. The molecular formula is C10H16N4O2S. The standard InChI is InChI=1S/C10H16N4O2S/c1-3-10(4-2,9(11)14-16)13-8(15)7-5-12-6-17-7/h5-6,16H,3-4H2,1-2H3,(H2,11,14)(H,13,15). The highest BCUT2D eigenvalue weighted by atomic mass is 32.1. The predicted molar refractivity (Wildman–Crippen MR) is 66.3 cm³/mol. The Labute approximate surface area is 104 Å². The summed E-state index contributed by atoms with van der Waals surface area (Å²) in [6.45, 7) is 3.74. The molecule has 0 aliphatic carbocycles. The number of thiazole rings is 1. The maximum atomic E-state index is 11.9. The Hall–Kier alpha value is -1.63. The average Bonchev–Trinajstić information content (AvgIpc) is 2.88. The van der Waals surface area contributed by atoms with Crippen molar-refractivity contribution in [2.45, 2.75) is 32.2 Å². The van der Waals surface area contributed by atoms with Gasteiger partial charge in [0.25, 0.3) is 5.91 Å². The lowest BCUT2D eigenvalue weighted by molar-refractivity contribution is 0.0922. The Bertz CT molecular complexity index is 398. The maximum absolute atomic E-state index is 11.9. The third-order valence-electron chi connectivity index (χ3n) is 2.81. The molecule has 1 aromatic heterocycles. The summed E-state index contributed by atoms with van der Waals surface area (Å²) in [5, 5.41) is 14.6. The van der Waals surface area contributed by atoms with E-state index in [1.165, 1.54) is 17.5 Å². The van der Waals surface area contributed by atoms with Gasteiger partial charge in [-0.2, -0.15) is 0 Å². The topological polar surface area (TPSA) is 101 Å². The van der Waals surface area contributed by atoms with Gasteiger partial charge in [-0.15, -0.1) is 11.3 Å². The third-order valence-corrected chi connectivity index (χ3v) is 3.59. The first-order valence-electron chi connectivity index (χ1n) is 5.28. The zero-order valence-electron chi connectivity index (χ0n) is 9.80. The highest BCUT2D eigenvalue weighted by molar-refractivity contribution is 7.11. The van der Waals surface area contributed by atoms with Crippen LogP contribution in [0.2, 0.25) is 0 Å². The summed E-state index contributed by atoms with van der Waals surface area (Å²) in [5.74, 6) is -0.247. The van der Waals surface area contributed by atoms with Gasteiger partial charge >= 0.3 is 0 Å². The first-order valence-corrected chi connectivity index (χ1v) is 6.16. The molecule has 4 N–H and O–H groups in total. The Morgan fingerprint density at radius 1 is 1.65 bits per heavy atom. The normalized spacial score (nSPS) is 12.5. The fourth-order valence-electron chi connectivity index (χ4n) is 1.56. The highest BCUT2D eigenvalue weighted by Crippen LogP contribution is 2.17. The van der Waals surface area contributed by atoms with Crippen LogP contribution in [0.5, 0.6) is 0 Å². The molecule has 0 saturated heterocycles. The van der Waals surface area contributed by atoms with Crippen molar-refractivity contribution in [2.24, 2.45) is 10.9 Å². The number of carbonyl (C=O) groups is 1. The molecule has 0 fully saturated rings. The number of amides is 1. The van der Waals surface area contributed by atoms with Gasteiger partial charge in [-0.1, -0.05) is 19.0 Å². The van der Waals surface area contributed by atoms with E-state index in [4.69, 9.17) is 10.9 Å². The van der Waals surface area contributed by atoms with Crippen molar-refractivity contribution in [1.29, 1.82) is 0 Å². The SMILES string of the molecule is CCC(CC)(NC(=O)c1cncs1)C(N)=NO. The number of carbonyl (C=O) groups excluding carboxylic acids is 1. The number of nitrogens with two attached hydrogens (primary N) is 1. The van der Waals surface area contributed by atoms with E-state index in [0.29, 0.717) is 17.7 Å². The van der Waals surface area contributed by atoms with Gasteiger partial charge in [-0.3, -0.25) is 9.78 Å². The number of oxime groups is 1. The van der Waals surface area contributed by atoms with Crippen molar-refractivity contribution in [1.82, 2.24) is 10.3 Å². The number of hydrogen-bond acceptors (Lipinski definition) is 5. The van der Waals surface area contributed by atoms with Crippen LogP contribution >= 0.6 is 11.3 Å². The monoisotopic (exact) mass is 256 g/mol. The lowest BCUT2D eigenvalue weighted by atomic mass is 9.91. The number of amidine groups is 1. The van der Waals surface area contributed by atoms with Crippen molar-refractivity contribution < 1.29 is 10.0 Å². The number of nitrogens with one attached hydrogen (secondary N) is 1. The Kier molecular flexibility index (Phi) is 4.45. The summed E-state index contributed by atoms with van der Waals surface area (Å²) in [5.41, 5.74) is 6.42. The fraction of sp³-hybridized carbons (Fsp3) is 0.500. The number of rotatable bonds is 5. The molecule has 0 radical (unpaired) electrons. The average molecular weight is 256 g/mol. The second-order valence-electron chi connectivity index (χ2n) is 3.59. The molecule has 1 rings (SSSR count). The Morgan fingerprint density at radius 2 is 2.29 bits per heavy atom. The first kappa shape index (κ1) is 13.4. The van der Waals surface area contributed by atoms with Gasteiger partial charge in [0.1, 0.15) is 10.4 Å². The molecule has 0 saturated carbocycles. The molecule has 94 valence electrons. The molecular weight excluding hydrogens is 240 g/mol. The summed E-state index contributed by atoms with van der Waals surface area (Å²) in [6.07, 6.45) is 2.58. The van der Waals surface area contributed by atoms with Crippen molar-refractivity contribution in [3.05, 3.63) is 16.6 Å². The molecule has 0 bridgehead atoms. The van der Waals surface area contributed by atoms with E-state index < -0.39 is 5.54 Å². The van der Waals surface area contributed by atoms with Crippen LogP contribution in [0.15, 0.2) is 16.9 Å². The van der Waals surface area contributed by atoms with Gasteiger partial charge < -0.3 is 16.3 Å². The fourth-order valence-corrected chi connectivity index (χ4v) is 2.07. The number of aromatic nitrogens is 1. The second kappa shape index (κ2) is 5.62. The van der Waals surface area contributed by atoms with E-state index in [1.807, 2.05) is 13.8 Å². The van der Waals surface area contributed by atoms with E-state index in [-0.39, 0.29) is 11.7 Å². The van der Waals surface area contributed by atoms with E-state index in [0.717, 1.165) is 0 Å². The zero-order valence-corrected chi connectivity index (χ0v) is 10.6. The minimum Gasteiger partial charge on any atom is -0.409 e. The van der Waals surface area contributed by atoms with E-state index in [9.17, 15) is 4.79 Å². The van der Waals surface area contributed by atoms with E-state index in [2.05, 4.69) is 15.5 Å². The molecule has 1 aromatic rings. The van der Waals surface area contributed by atoms with Crippen molar-refractivity contribution >= 4 is 23.1 Å². The lowest BCUT2D eigenvalue weighted by Crippen LogP contribution is -2.56. The molecule has 17 heavy (non-hydrogen) atoms. The molecule has 0 aliphatic rings. The Balaban J connectivity index is 2.91.